The van der Waals surface area contributed by atoms with E-state index < -0.39 is 20.2 Å². The number of hydrogen-bond donors (Lipinski definition) is 0. The SMILES string of the molecule is O=S(=O)([O-])c1ccccc1CCc1ccc(-c2ccc(CCc3ccccc3S(=O)(=O)[O-])cc2)cc1.[Na+].[Na+]. The standard InChI is InChI=1S/C28H26O6S2.2Na/c29-35(30,31)27-7-3-1-5-25(27)19-13-21-9-15-23(16-10-21)24-17-11-22(12-18-24)14-20-26-6-2-4-8-28(26)36(32,33)34;;/h1-12,15-18H,13-14,19-20H2,(H,29,30,31)(H,32,33,34);;/q;2*+1/p-2. The molecule has 0 aliphatic rings. The van der Waals surface area contributed by atoms with E-state index >= 15 is 0 Å². The van der Waals surface area contributed by atoms with Crippen molar-refractivity contribution in [2.24, 2.45) is 0 Å². The fourth-order valence-electron chi connectivity index (χ4n) is 4.19. The predicted octanol–water partition coefficient (Wildman–Crippen LogP) is -1.26. The molecule has 0 unspecified atom stereocenters. The van der Waals surface area contributed by atoms with Gasteiger partial charge in [-0.05, 0) is 71.2 Å². The zero-order valence-electron chi connectivity index (χ0n) is 21.3. The molecule has 4 rings (SSSR count). The maximum absolute atomic E-state index is 11.5. The van der Waals surface area contributed by atoms with Gasteiger partial charge in [-0.1, -0.05) is 84.9 Å². The molecule has 0 aliphatic carbocycles. The van der Waals surface area contributed by atoms with Gasteiger partial charge in [0.05, 0.1) is 9.79 Å². The monoisotopic (exact) mass is 566 g/mol. The summed E-state index contributed by atoms with van der Waals surface area (Å²) < 4.78 is 68.8. The van der Waals surface area contributed by atoms with Gasteiger partial charge in [-0.15, -0.1) is 0 Å². The van der Waals surface area contributed by atoms with Crippen molar-refractivity contribution in [1.29, 1.82) is 0 Å². The maximum atomic E-state index is 11.5. The molecule has 10 heteroatoms. The van der Waals surface area contributed by atoms with Crippen molar-refractivity contribution in [3.05, 3.63) is 119 Å². The van der Waals surface area contributed by atoms with E-state index in [-0.39, 0.29) is 68.9 Å². The second kappa shape index (κ2) is 14.4. The van der Waals surface area contributed by atoms with Gasteiger partial charge in [0.2, 0.25) is 0 Å². The first kappa shape index (κ1) is 32.9. The van der Waals surface area contributed by atoms with Crippen LogP contribution in [-0.2, 0) is 45.9 Å². The van der Waals surface area contributed by atoms with E-state index in [1.807, 2.05) is 48.5 Å². The van der Waals surface area contributed by atoms with Crippen LogP contribution in [0.1, 0.15) is 22.3 Å². The number of benzene rings is 4. The van der Waals surface area contributed by atoms with Gasteiger partial charge in [-0.25, -0.2) is 16.8 Å². The summed E-state index contributed by atoms with van der Waals surface area (Å²) in [6.45, 7) is 0. The average Bonchev–Trinajstić information content (AvgIpc) is 2.86. The molecule has 0 aromatic heterocycles. The first-order valence-corrected chi connectivity index (χ1v) is 14.2. The van der Waals surface area contributed by atoms with Crippen molar-refractivity contribution in [2.75, 3.05) is 0 Å². The summed E-state index contributed by atoms with van der Waals surface area (Å²) in [7, 11) is -9.01. The van der Waals surface area contributed by atoms with E-state index in [9.17, 15) is 25.9 Å². The van der Waals surface area contributed by atoms with Crippen LogP contribution >= 0.6 is 0 Å². The first-order chi connectivity index (χ1) is 17.1. The Hall–Kier alpha value is -1.30. The molecule has 4 aromatic carbocycles. The molecular weight excluding hydrogens is 542 g/mol. The molecule has 4 aromatic rings. The Morgan fingerprint density at radius 3 is 1.08 bits per heavy atom. The smallest absolute Gasteiger partial charge is 0.744 e. The molecule has 186 valence electrons. The van der Waals surface area contributed by atoms with E-state index in [4.69, 9.17) is 0 Å². The molecule has 0 aliphatic heterocycles. The second-order valence-corrected chi connectivity index (χ2v) is 11.2. The number of rotatable bonds is 9. The van der Waals surface area contributed by atoms with Gasteiger partial charge >= 0.3 is 59.1 Å². The van der Waals surface area contributed by atoms with Crippen LogP contribution in [0.2, 0.25) is 0 Å². The summed E-state index contributed by atoms with van der Waals surface area (Å²) in [5.41, 5.74) is 5.14. The van der Waals surface area contributed by atoms with Crippen LogP contribution in [-0.4, -0.2) is 25.9 Å². The molecule has 0 amide bonds. The minimum atomic E-state index is -4.50. The molecule has 0 fully saturated rings. The summed E-state index contributed by atoms with van der Waals surface area (Å²) in [5, 5.41) is 0. The van der Waals surface area contributed by atoms with E-state index in [1.165, 1.54) is 12.1 Å². The molecular formula is C28H24Na2O6S2. The van der Waals surface area contributed by atoms with Crippen molar-refractivity contribution >= 4 is 20.2 Å². The molecule has 0 spiro atoms. The molecule has 0 saturated heterocycles. The molecule has 38 heavy (non-hydrogen) atoms. The Labute approximate surface area is 268 Å². The normalized spacial score (nSPS) is 11.3. The van der Waals surface area contributed by atoms with Gasteiger partial charge in [0.1, 0.15) is 20.2 Å². The molecule has 0 radical (unpaired) electrons. The molecule has 6 nitrogen and oxygen atoms in total. The van der Waals surface area contributed by atoms with E-state index in [1.54, 1.807) is 36.4 Å². The summed E-state index contributed by atoms with van der Waals surface area (Å²) in [4.78, 5) is -0.334. The summed E-state index contributed by atoms with van der Waals surface area (Å²) in [6.07, 6.45) is 2.10. The Kier molecular flexibility index (Phi) is 12.4. The quantitative estimate of drug-likeness (QED) is 0.185. The third-order valence-electron chi connectivity index (χ3n) is 6.09. The van der Waals surface area contributed by atoms with Crippen molar-refractivity contribution in [2.45, 2.75) is 35.5 Å². The Bertz CT molecular complexity index is 1450. The fourth-order valence-corrected chi connectivity index (χ4v) is 5.67. The zero-order valence-corrected chi connectivity index (χ0v) is 27.0. The average molecular weight is 567 g/mol. The minimum Gasteiger partial charge on any atom is -0.744 e. The zero-order chi connectivity index (χ0) is 25.8. The van der Waals surface area contributed by atoms with Crippen molar-refractivity contribution in [1.82, 2.24) is 0 Å². The fraction of sp³-hybridized carbons (Fsp3) is 0.143. The summed E-state index contributed by atoms with van der Waals surface area (Å²) >= 11 is 0. The van der Waals surface area contributed by atoms with Crippen molar-refractivity contribution < 1.29 is 85.1 Å². The number of aryl methyl sites for hydroxylation is 4. The van der Waals surface area contributed by atoms with E-state index in [2.05, 4.69) is 0 Å². The van der Waals surface area contributed by atoms with Crippen LogP contribution in [0.4, 0.5) is 0 Å². The van der Waals surface area contributed by atoms with Crippen molar-refractivity contribution in [3.63, 3.8) is 0 Å². The van der Waals surface area contributed by atoms with Gasteiger partial charge in [0.15, 0.2) is 0 Å². The molecule has 0 atom stereocenters. The van der Waals surface area contributed by atoms with Gasteiger partial charge in [-0.2, -0.15) is 0 Å². The first-order valence-electron chi connectivity index (χ1n) is 11.4. The van der Waals surface area contributed by atoms with Crippen LogP contribution in [0.5, 0.6) is 0 Å². The van der Waals surface area contributed by atoms with Gasteiger partial charge in [0.25, 0.3) is 0 Å². The van der Waals surface area contributed by atoms with Crippen molar-refractivity contribution in [3.8, 4) is 11.1 Å². The predicted molar refractivity (Wildman–Crippen MR) is 136 cm³/mol. The summed E-state index contributed by atoms with van der Waals surface area (Å²) in [6, 6.07) is 28.5. The van der Waals surface area contributed by atoms with E-state index in [0.717, 1.165) is 22.3 Å². The molecule has 0 N–H and O–H groups in total. The van der Waals surface area contributed by atoms with Gasteiger partial charge in [-0.3, -0.25) is 0 Å². The summed E-state index contributed by atoms with van der Waals surface area (Å²) in [5.74, 6) is 0. The molecule has 0 heterocycles. The van der Waals surface area contributed by atoms with Crippen LogP contribution < -0.4 is 59.1 Å². The Morgan fingerprint density at radius 2 is 0.763 bits per heavy atom. The third kappa shape index (κ3) is 8.86. The van der Waals surface area contributed by atoms with Crippen LogP contribution in [0, 0.1) is 0 Å². The largest absolute Gasteiger partial charge is 1.00 e. The molecule has 0 saturated carbocycles. The Balaban J connectivity index is 0.00000253. The number of hydrogen-bond acceptors (Lipinski definition) is 6. The maximum Gasteiger partial charge on any atom is 1.00 e. The minimum absolute atomic E-state index is 0. The van der Waals surface area contributed by atoms with Crippen LogP contribution in [0.25, 0.3) is 11.1 Å². The Morgan fingerprint density at radius 1 is 0.447 bits per heavy atom. The third-order valence-corrected chi connectivity index (χ3v) is 7.97. The topological polar surface area (TPSA) is 114 Å². The van der Waals surface area contributed by atoms with Gasteiger partial charge in [0, 0.05) is 0 Å². The molecule has 0 bridgehead atoms. The van der Waals surface area contributed by atoms with Crippen LogP contribution in [0.3, 0.4) is 0 Å². The second-order valence-electron chi connectivity index (χ2n) is 8.52. The van der Waals surface area contributed by atoms with Crippen LogP contribution in [0.15, 0.2) is 107 Å². The van der Waals surface area contributed by atoms with Gasteiger partial charge < -0.3 is 9.11 Å². The van der Waals surface area contributed by atoms with E-state index in [0.29, 0.717) is 36.8 Å².